The fraction of sp³-hybridized carbons (Fsp3) is 0.468. The lowest BCUT2D eigenvalue weighted by molar-refractivity contribution is -0.121. The summed E-state index contributed by atoms with van der Waals surface area (Å²) in [6.07, 6.45) is 4.38. The number of oxime groups is 1. The van der Waals surface area contributed by atoms with Crippen LogP contribution in [-0.4, -0.2) is 128 Å². The van der Waals surface area contributed by atoms with Gasteiger partial charge in [-0.25, -0.2) is 9.59 Å². The number of nitrogens with zero attached hydrogens (tertiary/aromatic N) is 2. The number of fused-ring (bicyclic) bond motifs is 3. The number of unbranched alkanes of at least 4 members (excludes halogenated alkanes) is 1. The van der Waals surface area contributed by atoms with E-state index in [9.17, 15) is 19.2 Å². The van der Waals surface area contributed by atoms with Gasteiger partial charge in [-0.2, -0.15) is 11.8 Å². The lowest BCUT2D eigenvalue weighted by atomic mass is 10.0. The Morgan fingerprint density at radius 2 is 1.55 bits per heavy atom. The van der Waals surface area contributed by atoms with Gasteiger partial charge in [0.2, 0.25) is 5.91 Å². The van der Waals surface area contributed by atoms with Gasteiger partial charge in [0.15, 0.2) is 6.10 Å². The van der Waals surface area contributed by atoms with E-state index in [2.05, 4.69) is 38.3 Å². The third-order valence-corrected chi connectivity index (χ3v) is 12.3. The van der Waals surface area contributed by atoms with Crippen LogP contribution in [0.1, 0.15) is 77.6 Å². The van der Waals surface area contributed by atoms with Crippen LogP contribution in [0.5, 0.6) is 0 Å². The van der Waals surface area contributed by atoms with E-state index in [1.54, 1.807) is 11.0 Å². The minimum atomic E-state index is -0.501. The fourth-order valence-corrected chi connectivity index (χ4v) is 9.05. The second-order valence-corrected chi connectivity index (χ2v) is 16.8. The van der Waals surface area contributed by atoms with Crippen molar-refractivity contribution in [3.63, 3.8) is 0 Å². The Labute approximate surface area is 378 Å². The first-order valence-corrected chi connectivity index (χ1v) is 22.9. The maximum atomic E-state index is 13.8. The predicted molar refractivity (Wildman–Crippen MR) is 243 cm³/mol. The zero-order valence-corrected chi connectivity index (χ0v) is 36.7. The number of nitrogens with one attached hydrogen (secondary N) is 4. The number of carbonyl (C=O) groups excluding carboxylic acids is 4. The van der Waals surface area contributed by atoms with Crippen LogP contribution >= 0.6 is 11.8 Å². The van der Waals surface area contributed by atoms with E-state index in [1.807, 2.05) is 78.5 Å². The van der Waals surface area contributed by atoms with Crippen molar-refractivity contribution >= 4 is 47.1 Å². The number of ether oxygens (including phenoxy) is 3. The first-order valence-electron chi connectivity index (χ1n) is 21.9. The van der Waals surface area contributed by atoms with Gasteiger partial charge in [0.1, 0.15) is 6.61 Å². The van der Waals surface area contributed by atoms with Gasteiger partial charge in [0.05, 0.1) is 62.0 Å². The molecule has 4 aliphatic rings. The summed E-state index contributed by atoms with van der Waals surface area (Å²) in [5.74, 6) is 7.25. The molecule has 6 N–H and O–H groups in total. The van der Waals surface area contributed by atoms with Crippen LogP contribution in [0.15, 0.2) is 78.0 Å². The van der Waals surface area contributed by atoms with Gasteiger partial charge < -0.3 is 55.4 Å². The maximum absolute atomic E-state index is 13.8. The molecule has 0 aromatic heterocycles. The molecule has 64 heavy (non-hydrogen) atoms. The number of carbonyl (C=O) groups is 4. The van der Waals surface area contributed by atoms with Crippen LogP contribution in [0.25, 0.3) is 0 Å². The standard InChI is InChI=1S/C45H52N6O8S.C2H6O2/c52-41(14-6-5-13-40-42-38(30-60-40)48-44(54)49-42)46-21-7-23-56-25-26-57-24-8-22-47-45(55)58-29-31-15-17-33(18-16-31)37-27-35(59-50-37)28-51-39-12-4-2-10-34(39)20-19-32-9-1-3-11-36(32)43(51)53;3-1-2-4/h1-4,9-12,15-18,35,38,40,42H,5-8,13-14,21-30H2,(H,46,52)(H,47,55)(H2,48,49,54);3-4H,1-2H2/t35?,38-,40-,42-;/m0./s1. The molecule has 0 spiro atoms. The van der Waals surface area contributed by atoms with Crippen molar-refractivity contribution in [3.05, 3.63) is 101 Å². The smallest absolute Gasteiger partial charge is 0.407 e. The Hall–Kier alpha value is -5.64. The topological polar surface area (TPSA) is 209 Å². The molecule has 1 unspecified atom stereocenters. The number of amides is 5. The highest BCUT2D eigenvalue weighted by atomic mass is 32.2. The number of benzene rings is 3. The van der Waals surface area contributed by atoms with Crippen molar-refractivity contribution in [2.45, 2.75) is 75.0 Å². The Bertz CT molecular complexity index is 2110. The molecule has 0 saturated carbocycles. The van der Waals surface area contributed by atoms with Crippen molar-refractivity contribution in [2.75, 3.05) is 69.9 Å². The normalized spacial score (nSPS) is 19.1. The molecule has 0 bridgehead atoms. The lowest BCUT2D eigenvalue weighted by Gasteiger charge is -2.27. The molecule has 2 saturated heterocycles. The lowest BCUT2D eigenvalue weighted by Crippen LogP contribution is -2.39. The molecule has 0 aliphatic carbocycles. The number of anilines is 1. The summed E-state index contributed by atoms with van der Waals surface area (Å²) in [5, 5.41) is 31.7. The summed E-state index contributed by atoms with van der Waals surface area (Å²) < 4.78 is 16.6. The van der Waals surface area contributed by atoms with Crippen LogP contribution in [-0.2, 0) is 30.4 Å². The van der Waals surface area contributed by atoms with Crippen LogP contribution in [0.2, 0.25) is 0 Å². The predicted octanol–water partition coefficient (Wildman–Crippen LogP) is 4.09. The number of rotatable bonds is 22. The van der Waals surface area contributed by atoms with Gasteiger partial charge in [-0.1, -0.05) is 71.9 Å². The van der Waals surface area contributed by atoms with Gasteiger partial charge in [-0.15, -0.1) is 0 Å². The van der Waals surface area contributed by atoms with Gasteiger partial charge >= 0.3 is 12.1 Å². The van der Waals surface area contributed by atoms with Gasteiger partial charge in [-0.05, 0) is 61.1 Å². The molecule has 3 aromatic carbocycles. The largest absolute Gasteiger partial charge is 0.445 e. The zero-order valence-electron chi connectivity index (χ0n) is 35.9. The highest BCUT2D eigenvalue weighted by molar-refractivity contribution is 8.00. The molecular weight excluding hydrogens is 841 g/mol. The fourth-order valence-electron chi connectivity index (χ4n) is 7.51. The Kier molecular flexibility index (Phi) is 19.1. The summed E-state index contributed by atoms with van der Waals surface area (Å²) in [6, 6.07) is 23.0. The zero-order chi connectivity index (χ0) is 44.9. The number of aliphatic hydroxyl groups excluding tert-OH is 2. The molecule has 0 radical (unpaired) electrons. The summed E-state index contributed by atoms with van der Waals surface area (Å²) in [5.41, 5.74) is 5.29. The molecule has 4 aliphatic heterocycles. The molecular formula is C47H58N6O10S. The third-order valence-electron chi connectivity index (χ3n) is 10.8. The molecule has 16 nitrogen and oxygen atoms in total. The average molecular weight is 899 g/mol. The number of hydrogen-bond acceptors (Lipinski definition) is 12. The van der Waals surface area contributed by atoms with Crippen molar-refractivity contribution < 1.29 is 48.4 Å². The molecule has 2 fully saturated rings. The first kappa shape index (κ1) is 47.8. The van der Waals surface area contributed by atoms with Crippen molar-refractivity contribution in [1.29, 1.82) is 0 Å². The molecule has 4 atom stereocenters. The summed E-state index contributed by atoms with van der Waals surface area (Å²) in [6.45, 7) is 3.11. The van der Waals surface area contributed by atoms with E-state index >= 15 is 0 Å². The first-order chi connectivity index (χ1) is 31.3. The number of hydrogen-bond donors (Lipinski definition) is 6. The van der Waals surface area contributed by atoms with Gasteiger partial charge in [0, 0.05) is 61.3 Å². The number of thioether (sulfide) groups is 1. The molecule has 342 valence electrons. The van der Waals surface area contributed by atoms with Crippen LogP contribution in [0, 0.1) is 11.8 Å². The molecule has 17 heteroatoms. The average Bonchev–Trinajstić information content (AvgIpc) is 4.05. The van der Waals surface area contributed by atoms with Gasteiger partial charge in [0.25, 0.3) is 5.91 Å². The van der Waals surface area contributed by atoms with Crippen LogP contribution < -0.4 is 26.2 Å². The molecule has 5 amide bonds. The number of urea groups is 1. The van der Waals surface area contributed by atoms with Gasteiger partial charge in [-0.3, -0.25) is 9.59 Å². The van der Waals surface area contributed by atoms with Crippen molar-refractivity contribution in [3.8, 4) is 11.8 Å². The summed E-state index contributed by atoms with van der Waals surface area (Å²) >= 11 is 1.90. The quantitative estimate of drug-likeness (QED) is 0.0481. The van der Waals surface area contributed by atoms with E-state index in [0.717, 1.165) is 59.5 Å². The van der Waals surface area contributed by atoms with Crippen molar-refractivity contribution in [1.82, 2.24) is 21.3 Å². The molecule has 3 aromatic rings. The minimum absolute atomic E-state index is 0.0602. The number of aliphatic hydroxyl groups is 2. The van der Waals surface area contributed by atoms with E-state index in [0.29, 0.717) is 81.7 Å². The van der Waals surface area contributed by atoms with E-state index < -0.39 is 6.09 Å². The third kappa shape index (κ3) is 14.4. The Morgan fingerprint density at radius 1 is 0.844 bits per heavy atom. The maximum Gasteiger partial charge on any atom is 0.407 e. The van der Waals surface area contributed by atoms with Crippen molar-refractivity contribution in [2.24, 2.45) is 5.16 Å². The minimum Gasteiger partial charge on any atom is -0.445 e. The Balaban J connectivity index is 0.00000163. The second-order valence-electron chi connectivity index (χ2n) is 15.5. The highest BCUT2D eigenvalue weighted by Crippen LogP contribution is 2.33. The monoisotopic (exact) mass is 898 g/mol. The molecule has 4 heterocycles. The summed E-state index contributed by atoms with van der Waals surface area (Å²) in [7, 11) is 0. The molecule has 7 rings (SSSR count). The highest BCUT2D eigenvalue weighted by Gasteiger charge is 2.42. The SMILES string of the molecule is O=C(CCCC[C@@H]1SC[C@@H]2NC(=O)N[C@@H]21)NCCCOCCOCCCNC(=O)OCc1ccc(C2=NOC(CN3C(=O)c4ccccc4C#Cc4ccccc43)C2)cc1.OCCO. The van der Waals surface area contributed by atoms with Crippen LogP contribution in [0.3, 0.4) is 0 Å². The number of para-hydroxylation sites is 1. The Morgan fingerprint density at radius 3 is 2.31 bits per heavy atom. The van der Waals surface area contributed by atoms with E-state index in [4.69, 9.17) is 29.3 Å². The van der Waals surface area contributed by atoms with Crippen LogP contribution in [0.4, 0.5) is 15.3 Å². The number of alkyl carbamates (subject to hydrolysis) is 1. The second kappa shape index (κ2) is 25.6. The van der Waals surface area contributed by atoms with E-state index in [-0.39, 0.29) is 55.9 Å². The summed E-state index contributed by atoms with van der Waals surface area (Å²) in [4.78, 5) is 57.2. The van der Waals surface area contributed by atoms with E-state index in [1.165, 1.54) is 0 Å².